The van der Waals surface area contributed by atoms with Crippen LogP contribution in [0.25, 0.3) is 6.08 Å². The molecule has 3 aromatic rings. The molecule has 12 heteroatoms. The summed E-state index contributed by atoms with van der Waals surface area (Å²) in [5, 5.41) is 25.3. The molecular formula is C24H18N4O7S. The van der Waals surface area contributed by atoms with Gasteiger partial charge in [-0.2, -0.15) is 0 Å². The minimum atomic E-state index is -0.747. The van der Waals surface area contributed by atoms with Gasteiger partial charge in [-0.05, 0) is 72.8 Å². The van der Waals surface area contributed by atoms with E-state index in [1.807, 2.05) is 6.92 Å². The third-order valence-electron chi connectivity index (χ3n) is 4.78. The number of ether oxygens (including phenoxy) is 2. The lowest BCUT2D eigenvalue weighted by molar-refractivity contribution is -0.394. The second-order valence-corrected chi connectivity index (χ2v) is 8.28. The molecule has 0 aromatic heterocycles. The van der Waals surface area contributed by atoms with Crippen molar-refractivity contribution in [2.75, 3.05) is 6.61 Å². The number of nitrogens with zero attached hydrogens (tertiary/aromatic N) is 3. The first kappa shape index (κ1) is 24.4. The molecule has 11 nitrogen and oxygen atoms in total. The number of hydrogen-bond acceptors (Lipinski definition) is 9. The van der Waals surface area contributed by atoms with E-state index < -0.39 is 21.2 Å². The molecule has 1 saturated heterocycles. The van der Waals surface area contributed by atoms with Crippen LogP contribution in [0.1, 0.15) is 12.5 Å². The first-order chi connectivity index (χ1) is 17.3. The minimum Gasteiger partial charge on any atom is -0.494 e. The van der Waals surface area contributed by atoms with E-state index in [1.54, 1.807) is 54.6 Å². The third-order valence-corrected chi connectivity index (χ3v) is 5.69. The van der Waals surface area contributed by atoms with Gasteiger partial charge in [0.1, 0.15) is 11.5 Å². The maximum Gasteiger partial charge on any atom is 0.318 e. The summed E-state index contributed by atoms with van der Waals surface area (Å²) in [6, 6.07) is 16.8. The first-order valence-corrected chi connectivity index (χ1v) is 11.4. The standard InChI is InChI=1S/C24H18N4O7S/c1-2-34-18-10-5-16(6-11-18)25-24-26-23(29)22(36-24)13-15-3-8-19(9-4-15)35-21-12-7-17(27(30)31)14-20(21)28(32)33/h3-14H,2H2,1H3,(H,25,26,29)/b22-13-. The van der Waals surface area contributed by atoms with Crippen molar-refractivity contribution in [3.8, 4) is 17.2 Å². The Labute approximate surface area is 208 Å². The van der Waals surface area contributed by atoms with Crippen molar-refractivity contribution in [3.05, 3.63) is 97.4 Å². The SMILES string of the molecule is CCOc1ccc(N=C2NC(=O)/C(=C/c3ccc(Oc4ccc([N+](=O)[O-])cc4[N+](=O)[O-])cc3)S2)cc1. The third kappa shape index (κ3) is 5.85. The Kier molecular flexibility index (Phi) is 7.25. The molecule has 1 amide bonds. The van der Waals surface area contributed by atoms with Crippen molar-refractivity contribution in [2.24, 2.45) is 4.99 Å². The number of benzene rings is 3. The summed E-state index contributed by atoms with van der Waals surface area (Å²) in [6.45, 7) is 2.47. The molecule has 0 bridgehead atoms. The van der Waals surface area contributed by atoms with Crippen molar-refractivity contribution in [1.29, 1.82) is 0 Å². The lowest BCUT2D eigenvalue weighted by Gasteiger charge is -2.06. The molecule has 1 fully saturated rings. The van der Waals surface area contributed by atoms with E-state index in [4.69, 9.17) is 9.47 Å². The van der Waals surface area contributed by atoms with E-state index in [9.17, 15) is 25.0 Å². The van der Waals surface area contributed by atoms with Crippen LogP contribution in [0.3, 0.4) is 0 Å². The highest BCUT2D eigenvalue weighted by atomic mass is 32.2. The molecule has 182 valence electrons. The molecule has 1 aliphatic heterocycles. The van der Waals surface area contributed by atoms with Crippen LogP contribution < -0.4 is 14.8 Å². The average molecular weight is 506 g/mol. The summed E-state index contributed by atoms with van der Waals surface area (Å²) in [6.07, 6.45) is 1.68. The molecule has 0 saturated carbocycles. The Morgan fingerprint density at radius 1 is 0.972 bits per heavy atom. The van der Waals surface area contributed by atoms with Crippen molar-refractivity contribution in [3.63, 3.8) is 0 Å². The molecule has 0 spiro atoms. The fraction of sp³-hybridized carbons (Fsp3) is 0.0833. The average Bonchev–Trinajstić information content (AvgIpc) is 3.20. The summed E-state index contributed by atoms with van der Waals surface area (Å²) in [5.41, 5.74) is 0.437. The van der Waals surface area contributed by atoms with Crippen LogP contribution in [0.5, 0.6) is 17.2 Å². The normalized spacial score (nSPS) is 15.1. The number of non-ortho nitro benzene ring substituents is 1. The first-order valence-electron chi connectivity index (χ1n) is 10.6. The van der Waals surface area contributed by atoms with Gasteiger partial charge < -0.3 is 14.8 Å². The summed E-state index contributed by atoms with van der Waals surface area (Å²) in [7, 11) is 0. The van der Waals surface area contributed by atoms with E-state index >= 15 is 0 Å². The van der Waals surface area contributed by atoms with E-state index in [2.05, 4.69) is 10.3 Å². The number of aliphatic imine (C=N–C) groups is 1. The number of nitro groups is 2. The largest absolute Gasteiger partial charge is 0.494 e. The van der Waals surface area contributed by atoms with E-state index in [0.29, 0.717) is 27.9 Å². The number of nitrogens with one attached hydrogen (secondary N) is 1. The second-order valence-electron chi connectivity index (χ2n) is 7.25. The molecule has 0 radical (unpaired) electrons. The quantitative estimate of drug-likeness (QED) is 0.236. The number of nitro benzene ring substituents is 2. The lowest BCUT2D eigenvalue weighted by atomic mass is 10.2. The van der Waals surface area contributed by atoms with Gasteiger partial charge in [-0.15, -0.1) is 0 Å². The van der Waals surface area contributed by atoms with Crippen molar-refractivity contribution in [2.45, 2.75) is 6.92 Å². The van der Waals surface area contributed by atoms with Gasteiger partial charge in [0, 0.05) is 6.07 Å². The van der Waals surface area contributed by atoms with Gasteiger partial charge in [-0.3, -0.25) is 25.0 Å². The molecule has 1 aliphatic rings. The van der Waals surface area contributed by atoms with Gasteiger partial charge in [0.05, 0.1) is 33.1 Å². The van der Waals surface area contributed by atoms with E-state index in [0.717, 1.165) is 17.9 Å². The molecule has 3 aromatic carbocycles. The fourth-order valence-electron chi connectivity index (χ4n) is 3.14. The summed E-state index contributed by atoms with van der Waals surface area (Å²) < 4.78 is 11.0. The fourth-order valence-corrected chi connectivity index (χ4v) is 3.98. The van der Waals surface area contributed by atoms with Gasteiger partial charge in [-0.25, -0.2) is 4.99 Å². The molecule has 0 aliphatic carbocycles. The number of thioether (sulfide) groups is 1. The van der Waals surface area contributed by atoms with Gasteiger partial charge in [0.25, 0.3) is 11.6 Å². The highest BCUT2D eigenvalue weighted by molar-refractivity contribution is 8.18. The Hall–Kier alpha value is -4.71. The topological polar surface area (TPSA) is 146 Å². The van der Waals surface area contributed by atoms with Crippen LogP contribution in [0, 0.1) is 20.2 Å². The number of amides is 1. The number of hydrogen-bond donors (Lipinski definition) is 1. The Morgan fingerprint density at radius 3 is 2.31 bits per heavy atom. The number of rotatable bonds is 8. The molecule has 1 N–H and O–H groups in total. The maximum absolute atomic E-state index is 12.4. The van der Waals surface area contributed by atoms with E-state index in [1.165, 1.54) is 17.8 Å². The number of carbonyl (C=O) groups excluding carboxylic acids is 1. The molecule has 0 atom stereocenters. The van der Waals surface area contributed by atoms with E-state index in [-0.39, 0.29) is 17.4 Å². The number of carbonyl (C=O) groups is 1. The molecule has 4 rings (SSSR count). The molecule has 1 heterocycles. The van der Waals surface area contributed by atoms with Gasteiger partial charge in [0.15, 0.2) is 5.17 Å². The van der Waals surface area contributed by atoms with Crippen LogP contribution in [0.2, 0.25) is 0 Å². The zero-order valence-electron chi connectivity index (χ0n) is 18.7. The zero-order chi connectivity index (χ0) is 25.7. The molecular weight excluding hydrogens is 488 g/mol. The number of amidine groups is 1. The van der Waals surface area contributed by atoms with Gasteiger partial charge in [-0.1, -0.05) is 12.1 Å². The molecule has 36 heavy (non-hydrogen) atoms. The smallest absolute Gasteiger partial charge is 0.318 e. The van der Waals surface area contributed by atoms with Crippen LogP contribution >= 0.6 is 11.8 Å². The Bertz CT molecular complexity index is 1390. The predicted molar refractivity (Wildman–Crippen MR) is 135 cm³/mol. The van der Waals surface area contributed by atoms with Crippen LogP contribution in [-0.4, -0.2) is 27.5 Å². The summed E-state index contributed by atoms with van der Waals surface area (Å²) >= 11 is 1.20. The minimum absolute atomic E-state index is 0.127. The summed E-state index contributed by atoms with van der Waals surface area (Å²) in [5.74, 6) is 0.611. The zero-order valence-corrected chi connectivity index (χ0v) is 19.6. The predicted octanol–water partition coefficient (Wildman–Crippen LogP) is 5.59. The molecule has 0 unspecified atom stereocenters. The highest BCUT2D eigenvalue weighted by Crippen LogP contribution is 2.35. The Morgan fingerprint density at radius 2 is 1.67 bits per heavy atom. The van der Waals surface area contributed by atoms with Crippen LogP contribution in [-0.2, 0) is 4.79 Å². The Balaban J connectivity index is 1.46. The van der Waals surface area contributed by atoms with Crippen molar-refractivity contribution in [1.82, 2.24) is 5.32 Å². The van der Waals surface area contributed by atoms with Crippen molar-refractivity contribution >= 4 is 46.0 Å². The summed E-state index contributed by atoms with van der Waals surface area (Å²) in [4.78, 5) is 38.0. The van der Waals surface area contributed by atoms with Crippen LogP contribution in [0.4, 0.5) is 17.1 Å². The van der Waals surface area contributed by atoms with Gasteiger partial charge >= 0.3 is 5.69 Å². The lowest BCUT2D eigenvalue weighted by Crippen LogP contribution is -2.19. The second kappa shape index (κ2) is 10.7. The van der Waals surface area contributed by atoms with Crippen LogP contribution in [0.15, 0.2) is 76.6 Å². The monoisotopic (exact) mass is 506 g/mol. The maximum atomic E-state index is 12.4. The van der Waals surface area contributed by atoms with Gasteiger partial charge in [0.2, 0.25) is 5.75 Å². The van der Waals surface area contributed by atoms with Crippen molar-refractivity contribution < 1.29 is 24.1 Å². The highest BCUT2D eigenvalue weighted by Gasteiger charge is 2.24.